The summed E-state index contributed by atoms with van der Waals surface area (Å²) in [5.74, 6) is 1.29. The minimum Gasteiger partial charge on any atom is -0.338 e. The molecule has 0 radical (unpaired) electrons. The van der Waals surface area contributed by atoms with E-state index in [4.69, 9.17) is 10.3 Å². The molecule has 16 heavy (non-hydrogen) atoms. The van der Waals surface area contributed by atoms with Crippen LogP contribution in [0, 0.1) is 0 Å². The minimum atomic E-state index is -0.108. The molecule has 2 rings (SSSR count). The van der Waals surface area contributed by atoms with Gasteiger partial charge >= 0.3 is 0 Å². The second kappa shape index (κ2) is 5.30. The molecule has 0 spiro atoms. The molecule has 1 atom stereocenters. The largest absolute Gasteiger partial charge is 0.338 e. The van der Waals surface area contributed by atoms with E-state index >= 15 is 0 Å². The quantitative estimate of drug-likeness (QED) is 0.826. The molecule has 0 amide bonds. The summed E-state index contributed by atoms with van der Waals surface area (Å²) >= 11 is 0. The average Bonchev–Trinajstić information content (AvgIpc) is 2.94. The van der Waals surface area contributed by atoms with Crippen LogP contribution in [-0.2, 0) is 0 Å². The minimum absolute atomic E-state index is 0.108. The van der Waals surface area contributed by atoms with Gasteiger partial charge in [-0.1, -0.05) is 19.8 Å². The van der Waals surface area contributed by atoms with Gasteiger partial charge in [-0.3, -0.25) is 0 Å². The van der Waals surface area contributed by atoms with Crippen LogP contribution < -0.4 is 10.6 Å². The Morgan fingerprint density at radius 2 is 2.19 bits per heavy atom. The Morgan fingerprint density at radius 3 is 2.88 bits per heavy atom. The smallest absolute Gasteiger partial charge is 0.266 e. The van der Waals surface area contributed by atoms with Gasteiger partial charge in [-0.05, 0) is 24.4 Å². The fraction of sp³-hybridized carbons (Fsp3) is 0.818. The van der Waals surface area contributed by atoms with Gasteiger partial charge in [0.1, 0.15) is 0 Å². The molecule has 1 saturated heterocycles. The SMILES string of the molecule is CCCC[C@H](N)c1nc(N2CCCC2)no1. The summed E-state index contributed by atoms with van der Waals surface area (Å²) in [4.78, 5) is 6.52. The van der Waals surface area contributed by atoms with E-state index in [1.54, 1.807) is 0 Å². The molecule has 1 aromatic heterocycles. The third kappa shape index (κ3) is 2.52. The number of unbranched alkanes of at least 4 members (excludes halogenated alkanes) is 1. The van der Waals surface area contributed by atoms with Crippen molar-refractivity contribution in [2.45, 2.75) is 45.1 Å². The fourth-order valence-corrected chi connectivity index (χ4v) is 1.97. The molecule has 1 fully saturated rings. The monoisotopic (exact) mass is 224 g/mol. The second-order valence-electron chi connectivity index (χ2n) is 4.38. The van der Waals surface area contributed by atoms with Crippen LogP contribution in [0.15, 0.2) is 4.52 Å². The molecule has 2 heterocycles. The predicted octanol–water partition coefficient (Wildman–Crippen LogP) is 1.86. The Hall–Kier alpha value is -1.10. The first-order valence-electron chi connectivity index (χ1n) is 6.15. The third-order valence-electron chi connectivity index (χ3n) is 3.01. The first kappa shape index (κ1) is 11.4. The average molecular weight is 224 g/mol. The Kier molecular flexibility index (Phi) is 3.77. The van der Waals surface area contributed by atoms with E-state index in [1.165, 1.54) is 12.8 Å². The maximum atomic E-state index is 5.98. The number of nitrogens with two attached hydrogens (primary N) is 1. The lowest BCUT2D eigenvalue weighted by atomic mass is 10.1. The predicted molar refractivity (Wildman–Crippen MR) is 62.2 cm³/mol. The molecule has 0 saturated carbocycles. The van der Waals surface area contributed by atoms with Gasteiger partial charge in [-0.15, -0.1) is 0 Å². The summed E-state index contributed by atoms with van der Waals surface area (Å²) in [6.45, 7) is 4.21. The van der Waals surface area contributed by atoms with E-state index in [2.05, 4.69) is 22.0 Å². The van der Waals surface area contributed by atoms with Crippen LogP contribution in [0.4, 0.5) is 5.95 Å². The normalized spacial score (nSPS) is 18.0. The summed E-state index contributed by atoms with van der Waals surface area (Å²) < 4.78 is 5.21. The van der Waals surface area contributed by atoms with E-state index in [1.807, 2.05) is 0 Å². The highest BCUT2D eigenvalue weighted by molar-refractivity contribution is 5.29. The van der Waals surface area contributed by atoms with E-state index in [9.17, 15) is 0 Å². The van der Waals surface area contributed by atoms with Crippen LogP contribution in [0.2, 0.25) is 0 Å². The van der Waals surface area contributed by atoms with Crippen molar-refractivity contribution in [1.82, 2.24) is 10.1 Å². The number of aromatic nitrogens is 2. The van der Waals surface area contributed by atoms with E-state index in [0.29, 0.717) is 11.8 Å². The van der Waals surface area contributed by atoms with Crippen molar-refractivity contribution < 1.29 is 4.52 Å². The van der Waals surface area contributed by atoms with Gasteiger partial charge in [-0.2, -0.15) is 4.98 Å². The van der Waals surface area contributed by atoms with Gasteiger partial charge in [0.25, 0.3) is 5.95 Å². The van der Waals surface area contributed by atoms with Crippen LogP contribution in [0.25, 0.3) is 0 Å². The number of anilines is 1. The summed E-state index contributed by atoms with van der Waals surface area (Å²) in [5, 5.41) is 3.99. The van der Waals surface area contributed by atoms with Crippen molar-refractivity contribution in [2.75, 3.05) is 18.0 Å². The topological polar surface area (TPSA) is 68.2 Å². The highest BCUT2D eigenvalue weighted by atomic mass is 16.5. The van der Waals surface area contributed by atoms with Crippen molar-refractivity contribution >= 4 is 5.95 Å². The lowest BCUT2D eigenvalue weighted by molar-refractivity contribution is 0.345. The van der Waals surface area contributed by atoms with Gasteiger partial charge in [-0.25, -0.2) is 0 Å². The third-order valence-corrected chi connectivity index (χ3v) is 3.01. The zero-order chi connectivity index (χ0) is 11.4. The van der Waals surface area contributed by atoms with Crippen LogP contribution in [0.1, 0.15) is 51.0 Å². The molecule has 1 aliphatic heterocycles. The zero-order valence-corrected chi connectivity index (χ0v) is 9.85. The van der Waals surface area contributed by atoms with Crippen molar-refractivity contribution in [2.24, 2.45) is 5.73 Å². The van der Waals surface area contributed by atoms with Gasteiger partial charge in [0.05, 0.1) is 6.04 Å². The summed E-state index contributed by atoms with van der Waals surface area (Å²) in [6, 6.07) is -0.108. The Balaban J connectivity index is 1.95. The summed E-state index contributed by atoms with van der Waals surface area (Å²) in [5.41, 5.74) is 5.98. The van der Waals surface area contributed by atoms with Gasteiger partial charge in [0, 0.05) is 13.1 Å². The Bertz CT molecular complexity index is 320. The lowest BCUT2D eigenvalue weighted by Crippen LogP contribution is -2.19. The molecule has 0 bridgehead atoms. The van der Waals surface area contributed by atoms with Crippen LogP contribution in [0.5, 0.6) is 0 Å². The van der Waals surface area contributed by atoms with Crippen molar-refractivity contribution in [3.05, 3.63) is 5.89 Å². The number of hydrogen-bond donors (Lipinski definition) is 1. The van der Waals surface area contributed by atoms with Gasteiger partial charge in [0.15, 0.2) is 0 Å². The highest BCUT2D eigenvalue weighted by Crippen LogP contribution is 2.20. The van der Waals surface area contributed by atoms with Crippen LogP contribution in [0.3, 0.4) is 0 Å². The fourth-order valence-electron chi connectivity index (χ4n) is 1.97. The zero-order valence-electron chi connectivity index (χ0n) is 9.85. The summed E-state index contributed by atoms with van der Waals surface area (Å²) in [7, 11) is 0. The molecule has 5 heteroatoms. The number of nitrogens with zero attached hydrogens (tertiary/aromatic N) is 3. The molecule has 0 aromatic carbocycles. The van der Waals surface area contributed by atoms with E-state index < -0.39 is 0 Å². The first-order valence-corrected chi connectivity index (χ1v) is 6.15. The molecule has 2 N–H and O–H groups in total. The highest BCUT2D eigenvalue weighted by Gasteiger charge is 2.20. The van der Waals surface area contributed by atoms with Crippen LogP contribution in [-0.4, -0.2) is 23.2 Å². The van der Waals surface area contributed by atoms with Gasteiger partial charge in [0.2, 0.25) is 5.89 Å². The maximum absolute atomic E-state index is 5.98. The van der Waals surface area contributed by atoms with Crippen LogP contribution >= 0.6 is 0 Å². The molecule has 0 unspecified atom stereocenters. The van der Waals surface area contributed by atoms with Gasteiger partial charge < -0.3 is 15.2 Å². The van der Waals surface area contributed by atoms with E-state index in [0.717, 1.165) is 32.4 Å². The van der Waals surface area contributed by atoms with Crippen molar-refractivity contribution in [1.29, 1.82) is 0 Å². The molecule has 90 valence electrons. The molecule has 1 aromatic rings. The first-order chi connectivity index (χ1) is 7.81. The van der Waals surface area contributed by atoms with E-state index in [-0.39, 0.29) is 6.04 Å². The molecule has 5 nitrogen and oxygen atoms in total. The second-order valence-corrected chi connectivity index (χ2v) is 4.38. The Labute approximate surface area is 96.0 Å². The lowest BCUT2D eigenvalue weighted by Gasteiger charge is -2.10. The molecule has 0 aliphatic carbocycles. The van der Waals surface area contributed by atoms with Crippen molar-refractivity contribution in [3.63, 3.8) is 0 Å². The van der Waals surface area contributed by atoms with Crippen molar-refractivity contribution in [3.8, 4) is 0 Å². The molecular weight excluding hydrogens is 204 g/mol. The number of rotatable bonds is 5. The molecular formula is C11H20N4O. The molecule has 1 aliphatic rings. The summed E-state index contributed by atoms with van der Waals surface area (Å²) in [6.07, 6.45) is 5.58. The maximum Gasteiger partial charge on any atom is 0.266 e. The Morgan fingerprint density at radius 1 is 1.44 bits per heavy atom. The standard InChI is InChI=1S/C11H20N4O/c1-2-3-6-9(12)10-13-11(14-16-10)15-7-4-5-8-15/h9H,2-8,12H2,1H3/t9-/m0/s1. The number of hydrogen-bond acceptors (Lipinski definition) is 5.